The molecule has 1 saturated heterocycles. The van der Waals surface area contributed by atoms with E-state index in [0.29, 0.717) is 37.7 Å². The topological polar surface area (TPSA) is 94.6 Å². The number of rotatable bonds is 6. The number of amides is 2. The van der Waals surface area contributed by atoms with Gasteiger partial charge in [0.15, 0.2) is 18.1 Å². The Morgan fingerprint density at radius 1 is 0.852 bits per heavy atom. The van der Waals surface area contributed by atoms with Gasteiger partial charge in [0.05, 0.1) is 21.3 Å². The van der Waals surface area contributed by atoms with E-state index in [1.54, 1.807) is 9.80 Å². The Bertz CT molecular complexity index is 712. The van der Waals surface area contributed by atoms with Crippen LogP contribution in [0.5, 0.6) is 17.2 Å². The first-order valence-electron chi connectivity index (χ1n) is 8.41. The first kappa shape index (κ1) is 20.3. The second-order valence-corrected chi connectivity index (χ2v) is 5.87. The number of hydrogen-bond donors (Lipinski definition) is 0. The molecule has 0 bridgehead atoms. The van der Waals surface area contributed by atoms with Gasteiger partial charge in [0.1, 0.15) is 11.3 Å². The lowest BCUT2D eigenvalue weighted by atomic mass is 10.1. The van der Waals surface area contributed by atoms with E-state index >= 15 is 0 Å². The number of methoxy groups -OCH3 is 3. The van der Waals surface area contributed by atoms with E-state index in [1.807, 2.05) is 0 Å². The van der Waals surface area contributed by atoms with Crippen molar-refractivity contribution in [3.63, 3.8) is 0 Å². The average molecular weight is 380 g/mol. The minimum atomic E-state index is -0.705. The minimum Gasteiger partial charge on any atom is -0.496 e. The van der Waals surface area contributed by atoms with Crippen LogP contribution in [0.4, 0.5) is 0 Å². The van der Waals surface area contributed by atoms with Crippen molar-refractivity contribution in [2.45, 2.75) is 6.92 Å². The monoisotopic (exact) mass is 380 g/mol. The summed E-state index contributed by atoms with van der Waals surface area (Å²) in [7, 11) is 4.33. The van der Waals surface area contributed by atoms with Crippen molar-refractivity contribution in [3.05, 3.63) is 17.7 Å². The second-order valence-electron chi connectivity index (χ2n) is 5.87. The molecule has 0 radical (unpaired) electrons. The summed E-state index contributed by atoms with van der Waals surface area (Å²) in [5.74, 6) is -0.0361. The number of ether oxygens (including phenoxy) is 4. The van der Waals surface area contributed by atoms with Gasteiger partial charge < -0.3 is 28.7 Å². The molecule has 9 nitrogen and oxygen atoms in total. The molecule has 1 aromatic rings. The molecule has 1 aliphatic heterocycles. The number of carbonyl (C=O) groups excluding carboxylic acids is 3. The number of benzene rings is 1. The third-order valence-electron chi connectivity index (χ3n) is 4.33. The Hall–Kier alpha value is -2.97. The number of carbonyl (C=O) groups is 3. The van der Waals surface area contributed by atoms with Crippen LogP contribution in [0.15, 0.2) is 12.1 Å². The fourth-order valence-electron chi connectivity index (χ4n) is 2.76. The molecule has 1 heterocycles. The van der Waals surface area contributed by atoms with E-state index in [-0.39, 0.29) is 23.1 Å². The van der Waals surface area contributed by atoms with Crippen LogP contribution in [0, 0.1) is 0 Å². The van der Waals surface area contributed by atoms with Gasteiger partial charge >= 0.3 is 5.97 Å². The van der Waals surface area contributed by atoms with Crippen molar-refractivity contribution in [1.82, 2.24) is 9.80 Å². The molecule has 0 spiro atoms. The van der Waals surface area contributed by atoms with Gasteiger partial charge in [-0.25, -0.2) is 4.79 Å². The highest BCUT2D eigenvalue weighted by atomic mass is 16.5. The van der Waals surface area contributed by atoms with Crippen LogP contribution in [0.3, 0.4) is 0 Å². The van der Waals surface area contributed by atoms with Crippen molar-refractivity contribution in [3.8, 4) is 17.2 Å². The molecule has 27 heavy (non-hydrogen) atoms. The van der Waals surface area contributed by atoms with Crippen LogP contribution in [0.1, 0.15) is 17.3 Å². The largest absolute Gasteiger partial charge is 0.496 e. The van der Waals surface area contributed by atoms with Crippen molar-refractivity contribution in [2.75, 3.05) is 54.1 Å². The Morgan fingerprint density at radius 2 is 1.37 bits per heavy atom. The molecule has 0 unspecified atom stereocenters. The van der Waals surface area contributed by atoms with Crippen molar-refractivity contribution in [2.24, 2.45) is 0 Å². The fraction of sp³-hybridized carbons (Fsp3) is 0.500. The molecule has 2 amide bonds. The van der Waals surface area contributed by atoms with Gasteiger partial charge in [-0.05, 0) is 0 Å². The van der Waals surface area contributed by atoms with Gasteiger partial charge in [-0.15, -0.1) is 0 Å². The molecule has 148 valence electrons. The summed E-state index contributed by atoms with van der Waals surface area (Å²) < 4.78 is 20.7. The van der Waals surface area contributed by atoms with E-state index in [9.17, 15) is 14.4 Å². The van der Waals surface area contributed by atoms with E-state index in [1.165, 1.54) is 40.4 Å². The van der Waals surface area contributed by atoms with Crippen LogP contribution < -0.4 is 14.2 Å². The van der Waals surface area contributed by atoms with Crippen LogP contribution in [0.25, 0.3) is 0 Å². The summed E-state index contributed by atoms with van der Waals surface area (Å²) in [5, 5.41) is 0. The molecular weight excluding hydrogens is 356 g/mol. The zero-order valence-electron chi connectivity index (χ0n) is 15.9. The fourth-order valence-corrected chi connectivity index (χ4v) is 2.76. The first-order valence-corrected chi connectivity index (χ1v) is 8.41. The van der Waals surface area contributed by atoms with Gasteiger partial charge in [0, 0.05) is 45.2 Å². The molecular formula is C18H24N2O7. The molecule has 1 aliphatic rings. The van der Waals surface area contributed by atoms with E-state index in [2.05, 4.69) is 0 Å². The minimum absolute atomic E-state index is 0.0194. The highest BCUT2D eigenvalue weighted by molar-refractivity contribution is 5.95. The third-order valence-corrected chi connectivity index (χ3v) is 4.33. The second kappa shape index (κ2) is 9.11. The summed E-state index contributed by atoms with van der Waals surface area (Å²) >= 11 is 0. The Kier molecular flexibility index (Phi) is 6.86. The van der Waals surface area contributed by atoms with Gasteiger partial charge in [-0.1, -0.05) is 0 Å². The van der Waals surface area contributed by atoms with Gasteiger partial charge in [0.25, 0.3) is 5.91 Å². The van der Waals surface area contributed by atoms with Crippen molar-refractivity contribution >= 4 is 17.8 Å². The Labute approximate surface area is 157 Å². The molecule has 1 fully saturated rings. The lowest BCUT2D eigenvalue weighted by molar-refractivity contribution is -0.140. The quantitative estimate of drug-likeness (QED) is 0.666. The normalized spacial score (nSPS) is 13.8. The standard InChI is InChI=1S/C18H24N2O7/c1-12(21)19-5-7-20(8-6-19)17(22)11-27-18(23)13-9-15(25-3)16(26-4)10-14(13)24-2/h9-10H,5-8,11H2,1-4H3. The first-order chi connectivity index (χ1) is 12.9. The molecule has 0 atom stereocenters. The Morgan fingerprint density at radius 3 is 1.89 bits per heavy atom. The highest BCUT2D eigenvalue weighted by Crippen LogP contribution is 2.34. The maximum Gasteiger partial charge on any atom is 0.342 e. The van der Waals surface area contributed by atoms with E-state index < -0.39 is 12.6 Å². The SMILES string of the molecule is COc1cc(OC)c(C(=O)OCC(=O)N2CCN(C(C)=O)CC2)cc1OC. The number of esters is 1. The predicted octanol–water partition coefficient (Wildman–Crippen LogP) is 0.560. The lowest BCUT2D eigenvalue weighted by Gasteiger charge is -2.34. The molecule has 0 aliphatic carbocycles. The zero-order valence-corrected chi connectivity index (χ0v) is 15.9. The van der Waals surface area contributed by atoms with Crippen LogP contribution >= 0.6 is 0 Å². The van der Waals surface area contributed by atoms with Crippen molar-refractivity contribution < 1.29 is 33.3 Å². The maximum atomic E-state index is 12.4. The highest BCUT2D eigenvalue weighted by Gasteiger charge is 2.24. The molecule has 0 N–H and O–H groups in total. The van der Waals surface area contributed by atoms with Crippen molar-refractivity contribution in [1.29, 1.82) is 0 Å². The summed E-state index contributed by atoms with van der Waals surface area (Å²) in [4.78, 5) is 39.2. The van der Waals surface area contributed by atoms with Crippen LogP contribution in [0.2, 0.25) is 0 Å². The summed E-state index contributed by atoms with van der Waals surface area (Å²) in [6.45, 7) is 2.87. The smallest absolute Gasteiger partial charge is 0.342 e. The molecule has 0 aromatic heterocycles. The van der Waals surface area contributed by atoms with Crippen LogP contribution in [-0.4, -0.2) is 81.7 Å². The summed E-state index contributed by atoms with van der Waals surface area (Å²) in [5.41, 5.74) is 0.129. The maximum absolute atomic E-state index is 12.4. The zero-order chi connectivity index (χ0) is 20.0. The molecule has 2 rings (SSSR count). The van der Waals surface area contributed by atoms with Gasteiger partial charge in [-0.2, -0.15) is 0 Å². The van der Waals surface area contributed by atoms with Gasteiger partial charge in [0.2, 0.25) is 5.91 Å². The van der Waals surface area contributed by atoms with E-state index in [0.717, 1.165) is 0 Å². The Balaban J connectivity index is 1.99. The molecule has 0 saturated carbocycles. The summed E-state index contributed by atoms with van der Waals surface area (Å²) in [6.07, 6.45) is 0. The lowest BCUT2D eigenvalue weighted by Crippen LogP contribution is -2.51. The number of hydrogen-bond acceptors (Lipinski definition) is 7. The average Bonchev–Trinajstić information content (AvgIpc) is 2.70. The number of nitrogens with zero attached hydrogens (tertiary/aromatic N) is 2. The predicted molar refractivity (Wildman–Crippen MR) is 95.2 cm³/mol. The van der Waals surface area contributed by atoms with E-state index in [4.69, 9.17) is 18.9 Å². The number of piperazine rings is 1. The van der Waals surface area contributed by atoms with Crippen LogP contribution in [-0.2, 0) is 14.3 Å². The third kappa shape index (κ3) is 4.81. The van der Waals surface area contributed by atoms with Gasteiger partial charge in [-0.3, -0.25) is 9.59 Å². The molecule has 1 aromatic carbocycles. The summed E-state index contributed by atoms with van der Waals surface area (Å²) in [6, 6.07) is 2.95. The molecule has 9 heteroatoms.